The van der Waals surface area contributed by atoms with Crippen LogP contribution in [0.15, 0.2) is 168 Å². The Hall–Kier alpha value is -6.58. The standard InChI is InChI=1S/C46H28N2O/c1-2-15-34-28(10-1)20-22-42-46(34)39-26-37-35-16-5-7-18-40(35)47-41(37)27-43(39)48(42)31-12-9-11-29(24-31)32-13-3-4-14-33(32)30-21-23-45-38(25-30)36-17-6-8-19-44(36)49-45/h1-27,47H/i3D,4D,9D,11D,12D,13D,14D,24D. The van der Waals surface area contributed by atoms with Crippen molar-refractivity contribution in [3.8, 4) is 27.9 Å². The number of para-hydroxylation sites is 2. The topological polar surface area (TPSA) is 33.9 Å². The van der Waals surface area contributed by atoms with Crippen molar-refractivity contribution in [1.29, 1.82) is 0 Å². The quantitative estimate of drug-likeness (QED) is 0.207. The van der Waals surface area contributed by atoms with Crippen LogP contribution in [0.2, 0.25) is 0 Å². The highest BCUT2D eigenvalue weighted by Crippen LogP contribution is 2.42. The number of furan rings is 1. The zero-order chi connectivity index (χ0) is 39.0. The van der Waals surface area contributed by atoms with E-state index in [-0.39, 0.29) is 40.5 Å². The van der Waals surface area contributed by atoms with Crippen molar-refractivity contribution in [3.63, 3.8) is 0 Å². The smallest absolute Gasteiger partial charge is 0.135 e. The molecule has 11 rings (SSSR count). The highest BCUT2D eigenvalue weighted by atomic mass is 16.3. The van der Waals surface area contributed by atoms with Crippen LogP contribution < -0.4 is 0 Å². The van der Waals surface area contributed by atoms with Gasteiger partial charge in [0.25, 0.3) is 0 Å². The van der Waals surface area contributed by atoms with E-state index in [1.807, 2.05) is 89.5 Å². The molecule has 0 aliphatic carbocycles. The molecule has 1 N–H and O–H groups in total. The number of benzene rings is 8. The maximum atomic E-state index is 9.95. The van der Waals surface area contributed by atoms with Crippen molar-refractivity contribution in [2.24, 2.45) is 0 Å². The van der Waals surface area contributed by atoms with Gasteiger partial charge in [0.15, 0.2) is 0 Å². The summed E-state index contributed by atoms with van der Waals surface area (Å²) in [6.07, 6.45) is 0. The number of aromatic amines is 1. The Morgan fingerprint density at radius 3 is 2.20 bits per heavy atom. The maximum Gasteiger partial charge on any atom is 0.135 e. The third-order valence-corrected chi connectivity index (χ3v) is 9.72. The Kier molecular flexibility index (Phi) is 4.05. The van der Waals surface area contributed by atoms with Gasteiger partial charge < -0.3 is 14.0 Å². The van der Waals surface area contributed by atoms with Crippen molar-refractivity contribution in [1.82, 2.24) is 9.55 Å². The lowest BCUT2D eigenvalue weighted by molar-refractivity contribution is 0.669. The summed E-state index contributed by atoms with van der Waals surface area (Å²) in [5.41, 5.74) is 4.76. The van der Waals surface area contributed by atoms with Gasteiger partial charge >= 0.3 is 0 Å². The number of nitrogens with zero attached hydrogens (tertiary/aromatic N) is 1. The Morgan fingerprint density at radius 1 is 0.510 bits per heavy atom. The number of nitrogens with one attached hydrogen (secondary N) is 1. The average Bonchev–Trinajstić information content (AvgIpc) is 3.89. The lowest BCUT2D eigenvalue weighted by Gasteiger charge is -2.14. The zero-order valence-electron chi connectivity index (χ0n) is 33.8. The fourth-order valence-electron chi connectivity index (χ4n) is 7.54. The van der Waals surface area contributed by atoms with Crippen LogP contribution in [0.4, 0.5) is 0 Å². The minimum Gasteiger partial charge on any atom is -0.456 e. The first-order valence-electron chi connectivity index (χ1n) is 20.1. The highest BCUT2D eigenvalue weighted by Gasteiger charge is 2.18. The summed E-state index contributed by atoms with van der Waals surface area (Å²) in [7, 11) is 0. The Balaban J connectivity index is 1.28. The molecule has 0 saturated heterocycles. The summed E-state index contributed by atoms with van der Waals surface area (Å²) in [6, 6.07) is 33.6. The van der Waals surface area contributed by atoms with E-state index in [9.17, 15) is 8.22 Å². The van der Waals surface area contributed by atoms with E-state index in [1.54, 1.807) is 18.2 Å². The van der Waals surface area contributed by atoms with E-state index >= 15 is 0 Å². The second kappa shape index (κ2) is 9.96. The number of rotatable bonds is 3. The Morgan fingerprint density at radius 2 is 1.29 bits per heavy atom. The molecule has 0 bridgehead atoms. The Labute approximate surface area is 292 Å². The largest absolute Gasteiger partial charge is 0.456 e. The molecule has 3 heterocycles. The van der Waals surface area contributed by atoms with E-state index < -0.39 is 30.2 Å². The number of hydrogen-bond acceptors (Lipinski definition) is 1. The van der Waals surface area contributed by atoms with Gasteiger partial charge in [0.1, 0.15) is 11.2 Å². The summed E-state index contributed by atoms with van der Waals surface area (Å²) in [6.45, 7) is 0. The lowest BCUT2D eigenvalue weighted by Crippen LogP contribution is -1.95. The molecule has 0 saturated carbocycles. The van der Waals surface area contributed by atoms with Crippen LogP contribution in [-0.4, -0.2) is 9.55 Å². The first-order chi connectivity index (χ1) is 27.6. The van der Waals surface area contributed by atoms with Crippen LogP contribution in [0.3, 0.4) is 0 Å². The van der Waals surface area contributed by atoms with Gasteiger partial charge in [-0.3, -0.25) is 0 Å². The molecule has 3 aromatic heterocycles. The van der Waals surface area contributed by atoms with Crippen LogP contribution in [0, 0.1) is 0 Å². The van der Waals surface area contributed by atoms with E-state index in [0.717, 1.165) is 54.1 Å². The van der Waals surface area contributed by atoms with Crippen molar-refractivity contribution in [2.45, 2.75) is 0 Å². The monoisotopic (exact) mass is 632 g/mol. The minimum absolute atomic E-state index is 0.0337. The van der Waals surface area contributed by atoms with Crippen molar-refractivity contribution < 1.29 is 15.4 Å². The summed E-state index contributed by atoms with van der Waals surface area (Å²) in [5.74, 6) is 0. The van der Waals surface area contributed by atoms with Crippen molar-refractivity contribution in [2.75, 3.05) is 0 Å². The molecule has 8 aromatic carbocycles. The fraction of sp³-hybridized carbons (Fsp3) is 0. The van der Waals surface area contributed by atoms with Gasteiger partial charge in [-0.15, -0.1) is 0 Å². The van der Waals surface area contributed by atoms with E-state index in [0.29, 0.717) is 27.8 Å². The minimum atomic E-state index is -0.528. The lowest BCUT2D eigenvalue weighted by atomic mass is 9.93. The third kappa shape index (κ3) is 3.84. The van der Waals surface area contributed by atoms with Gasteiger partial charge in [-0.2, -0.15) is 0 Å². The summed E-state index contributed by atoms with van der Waals surface area (Å²) in [4.78, 5) is 3.52. The number of H-pyrrole nitrogens is 1. The first-order valence-corrected chi connectivity index (χ1v) is 16.1. The Bertz CT molecular complexity index is 3580. The number of fused-ring (bicyclic) bond motifs is 11. The molecular formula is C46H28N2O. The second-order valence-corrected chi connectivity index (χ2v) is 12.4. The molecule has 0 aliphatic rings. The molecule has 11 aromatic rings. The van der Waals surface area contributed by atoms with Crippen molar-refractivity contribution >= 4 is 76.3 Å². The molecule has 49 heavy (non-hydrogen) atoms. The van der Waals surface area contributed by atoms with E-state index in [2.05, 4.69) is 17.1 Å². The van der Waals surface area contributed by atoms with Gasteiger partial charge in [0, 0.05) is 49.0 Å². The number of aromatic nitrogens is 2. The van der Waals surface area contributed by atoms with Gasteiger partial charge in [-0.05, 0) is 87.6 Å². The normalized spacial score (nSPS) is 14.4. The molecular weight excluding hydrogens is 597 g/mol. The van der Waals surface area contributed by atoms with Crippen LogP contribution >= 0.6 is 0 Å². The fourth-order valence-corrected chi connectivity index (χ4v) is 7.54. The molecule has 3 heteroatoms. The average molecular weight is 633 g/mol. The third-order valence-electron chi connectivity index (χ3n) is 9.72. The van der Waals surface area contributed by atoms with Gasteiger partial charge in [0.2, 0.25) is 0 Å². The molecule has 0 unspecified atom stereocenters. The molecule has 3 nitrogen and oxygen atoms in total. The number of hydrogen-bond donors (Lipinski definition) is 1. The van der Waals surface area contributed by atoms with Gasteiger partial charge in [-0.25, -0.2) is 0 Å². The molecule has 0 spiro atoms. The van der Waals surface area contributed by atoms with Gasteiger partial charge in [0.05, 0.1) is 22.0 Å². The summed E-state index contributed by atoms with van der Waals surface area (Å²) < 4.78 is 81.7. The van der Waals surface area contributed by atoms with E-state index in [1.165, 1.54) is 0 Å². The van der Waals surface area contributed by atoms with Crippen LogP contribution in [0.5, 0.6) is 0 Å². The van der Waals surface area contributed by atoms with E-state index in [4.69, 9.17) is 7.16 Å². The molecule has 0 fully saturated rings. The van der Waals surface area contributed by atoms with Crippen LogP contribution in [0.25, 0.3) is 104 Å². The summed E-state index contributed by atoms with van der Waals surface area (Å²) in [5, 5.41) is 7.40. The molecule has 0 aliphatic heterocycles. The van der Waals surface area contributed by atoms with Crippen LogP contribution in [-0.2, 0) is 0 Å². The van der Waals surface area contributed by atoms with Crippen molar-refractivity contribution in [3.05, 3.63) is 164 Å². The predicted octanol–water partition coefficient (Wildman–Crippen LogP) is 12.8. The SMILES string of the molecule is [2H]c1c([2H])c([2H])c(-c2c([2H])c([2H])c([2H])c(-n3c4cc5[nH]c6ccccc6c5cc4c4c5ccccc5ccc43)c2[2H])c(-c2ccc3oc4ccccc4c3c2)c1[2H]. The highest BCUT2D eigenvalue weighted by molar-refractivity contribution is 6.25. The predicted molar refractivity (Wildman–Crippen MR) is 206 cm³/mol. The zero-order valence-corrected chi connectivity index (χ0v) is 25.8. The molecule has 0 atom stereocenters. The van der Waals surface area contributed by atoms with Gasteiger partial charge in [-0.1, -0.05) is 109 Å². The maximum absolute atomic E-state index is 9.95. The molecule has 0 radical (unpaired) electrons. The first kappa shape index (κ1) is 19.9. The molecule has 228 valence electrons. The van der Waals surface area contributed by atoms with Crippen LogP contribution in [0.1, 0.15) is 11.0 Å². The second-order valence-electron chi connectivity index (χ2n) is 12.4. The molecule has 0 amide bonds. The summed E-state index contributed by atoms with van der Waals surface area (Å²) >= 11 is 0.